The zero-order valence-electron chi connectivity index (χ0n) is 8.95. The van der Waals surface area contributed by atoms with Crippen LogP contribution in [0.5, 0.6) is 0 Å². The molecule has 0 aliphatic heterocycles. The van der Waals surface area contributed by atoms with Gasteiger partial charge in [0, 0.05) is 17.9 Å². The molecule has 0 saturated carbocycles. The Morgan fingerprint density at radius 2 is 2.19 bits per heavy atom. The molecule has 0 aliphatic carbocycles. The molecular formula is C12H10FNOS. The molecule has 1 heterocycles. The van der Waals surface area contributed by atoms with E-state index in [9.17, 15) is 9.18 Å². The van der Waals surface area contributed by atoms with Gasteiger partial charge in [0.2, 0.25) is 0 Å². The number of aromatic nitrogens is 1. The van der Waals surface area contributed by atoms with Crippen molar-refractivity contribution in [3.05, 3.63) is 40.7 Å². The normalized spacial score (nSPS) is 10.4. The number of benzene rings is 1. The van der Waals surface area contributed by atoms with Gasteiger partial charge in [0.15, 0.2) is 5.78 Å². The van der Waals surface area contributed by atoms with Crippen molar-refractivity contribution in [3.8, 4) is 10.6 Å². The van der Waals surface area contributed by atoms with E-state index < -0.39 is 0 Å². The number of hydrogen-bond donors (Lipinski definition) is 0. The van der Waals surface area contributed by atoms with E-state index in [-0.39, 0.29) is 11.6 Å². The summed E-state index contributed by atoms with van der Waals surface area (Å²) >= 11 is 1.28. The van der Waals surface area contributed by atoms with Crippen LogP contribution < -0.4 is 0 Å². The molecule has 0 radical (unpaired) electrons. The number of Topliss-reactive ketones (excluding diaryl/α,β-unsaturated/α-hetero) is 1. The van der Waals surface area contributed by atoms with Gasteiger partial charge in [0.05, 0.1) is 0 Å². The summed E-state index contributed by atoms with van der Waals surface area (Å²) in [5, 5.41) is 2.19. The molecule has 4 heteroatoms. The Morgan fingerprint density at radius 1 is 1.44 bits per heavy atom. The van der Waals surface area contributed by atoms with Gasteiger partial charge in [-0.15, -0.1) is 11.3 Å². The van der Waals surface area contributed by atoms with Crippen LogP contribution in [0.4, 0.5) is 4.39 Å². The summed E-state index contributed by atoms with van der Waals surface area (Å²) in [6.07, 6.45) is 0. The molecule has 2 rings (SSSR count). The molecule has 0 bridgehead atoms. The van der Waals surface area contributed by atoms with Gasteiger partial charge < -0.3 is 0 Å². The first-order valence-corrected chi connectivity index (χ1v) is 5.69. The Bertz CT molecular complexity index is 548. The van der Waals surface area contributed by atoms with Crippen LogP contribution in [0.2, 0.25) is 0 Å². The third-order valence-electron chi connectivity index (χ3n) is 2.22. The first kappa shape index (κ1) is 11.0. The number of aryl methyl sites for hydroxylation is 1. The minimum Gasteiger partial charge on any atom is -0.293 e. The van der Waals surface area contributed by atoms with E-state index in [1.54, 1.807) is 11.4 Å². The van der Waals surface area contributed by atoms with E-state index in [1.165, 1.54) is 24.3 Å². The van der Waals surface area contributed by atoms with Crippen LogP contribution in [0.1, 0.15) is 23.0 Å². The van der Waals surface area contributed by atoms with Gasteiger partial charge in [-0.25, -0.2) is 9.37 Å². The maximum absolute atomic E-state index is 13.6. The number of nitrogens with zero attached hydrogens (tertiary/aromatic N) is 1. The summed E-state index contributed by atoms with van der Waals surface area (Å²) < 4.78 is 13.6. The highest BCUT2D eigenvalue weighted by molar-refractivity contribution is 7.13. The maximum atomic E-state index is 13.6. The van der Waals surface area contributed by atoms with Crippen LogP contribution in [0.3, 0.4) is 0 Å². The molecule has 1 aromatic heterocycles. The standard InChI is InChI=1S/C12H10FNOS/c1-7-3-4-9(10(13)5-7)12-14-11(6-16-12)8(2)15/h3-6H,1-2H3. The van der Waals surface area contributed by atoms with Gasteiger partial charge in [-0.2, -0.15) is 0 Å². The van der Waals surface area contributed by atoms with Crippen molar-refractivity contribution in [3.63, 3.8) is 0 Å². The van der Waals surface area contributed by atoms with Crippen molar-refractivity contribution in [2.24, 2.45) is 0 Å². The second-order valence-electron chi connectivity index (χ2n) is 3.58. The molecule has 82 valence electrons. The highest BCUT2D eigenvalue weighted by Gasteiger charge is 2.11. The molecule has 2 nitrogen and oxygen atoms in total. The summed E-state index contributed by atoms with van der Waals surface area (Å²) in [7, 11) is 0. The van der Waals surface area contributed by atoms with E-state index in [1.807, 2.05) is 13.0 Å². The Balaban J connectivity index is 2.46. The fraction of sp³-hybridized carbons (Fsp3) is 0.167. The average molecular weight is 235 g/mol. The van der Waals surface area contributed by atoms with Crippen LogP contribution in [0.25, 0.3) is 10.6 Å². The summed E-state index contributed by atoms with van der Waals surface area (Å²) in [6.45, 7) is 3.28. The Morgan fingerprint density at radius 3 is 2.75 bits per heavy atom. The molecule has 0 amide bonds. The number of carbonyl (C=O) groups is 1. The van der Waals surface area contributed by atoms with Crippen molar-refractivity contribution in [2.45, 2.75) is 13.8 Å². The van der Waals surface area contributed by atoms with E-state index in [4.69, 9.17) is 0 Å². The molecule has 16 heavy (non-hydrogen) atoms. The zero-order chi connectivity index (χ0) is 11.7. The lowest BCUT2D eigenvalue weighted by Gasteiger charge is -1.99. The van der Waals surface area contributed by atoms with Crippen LogP contribution in [0.15, 0.2) is 23.6 Å². The van der Waals surface area contributed by atoms with E-state index >= 15 is 0 Å². The fourth-order valence-electron chi connectivity index (χ4n) is 1.35. The fourth-order valence-corrected chi connectivity index (χ4v) is 2.24. The van der Waals surface area contributed by atoms with Gasteiger partial charge in [0.1, 0.15) is 16.5 Å². The topological polar surface area (TPSA) is 30.0 Å². The molecule has 0 atom stereocenters. The van der Waals surface area contributed by atoms with Crippen LogP contribution >= 0.6 is 11.3 Å². The lowest BCUT2D eigenvalue weighted by atomic mass is 10.1. The molecule has 0 N–H and O–H groups in total. The van der Waals surface area contributed by atoms with Gasteiger partial charge >= 0.3 is 0 Å². The summed E-state index contributed by atoms with van der Waals surface area (Å²) in [6, 6.07) is 4.98. The number of halogens is 1. The summed E-state index contributed by atoms with van der Waals surface area (Å²) in [5.74, 6) is -0.403. The van der Waals surface area contributed by atoms with Crippen molar-refractivity contribution < 1.29 is 9.18 Å². The predicted octanol–water partition coefficient (Wildman–Crippen LogP) is 3.46. The first-order chi connectivity index (χ1) is 7.58. The molecule has 0 spiro atoms. The van der Waals surface area contributed by atoms with E-state index in [0.29, 0.717) is 16.3 Å². The molecule has 0 unspecified atom stereocenters. The smallest absolute Gasteiger partial charge is 0.178 e. The molecule has 1 aromatic carbocycles. The van der Waals surface area contributed by atoms with Crippen LogP contribution in [-0.2, 0) is 0 Å². The van der Waals surface area contributed by atoms with E-state index in [0.717, 1.165) is 5.56 Å². The molecule has 0 fully saturated rings. The SMILES string of the molecule is CC(=O)c1csc(-c2ccc(C)cc2F)n1. The zero-order valence-corrected chi connectivity index (χ0v) is 9.77. The number of carbonyl (C=O) groups excluding carboxylic acids is 1. The number of hydrogen-bond acceptors (Lipinski definition) is 3. The van der Waals surface area contributed by atoms with Crippen molar-refractivity contribution in [1.82, 2.24) is 4.98 Å². The van der Waals surface area contributed by atoms with Gasteiger partial charge in [0.25, 0.3) is 0 Å². The van der Waals surface area contributed by atoms with Crippen molar-refractivity contribution >= 4 is 17.1 Å². The number of thiazole rings is 1. The summed E-state index contributed by atoms with van der Waals surface area (Å²) in [5.41, 5.74) is 1.70. The van der Waals surface area contributed by atoms with Crippen LogP contribution in [-0.4, -0.2) is 10.8 Å². The Kier molecular flexibility index (Phi) is 2.83. The third-order valence-corrected chi connectivity index (χ3v) is 3.10. The molecular weight excluding hydrogens is 225 g/mol. The van der Waals surface area contributed by atoms with Gasteiger partial charge in [-0.1, -0.05) is 6.07 Å². The minimum atomic E-state index is -0.301. The summed E-state index contributed by atoms with van der Waals surface area (Å²) in [4.78, 5) is 15.2. The molecule has 0 aliphatic rings. The van der Waals surface area contributed by atoms with Crippen molar-refractivity contribution in [1.29, 1.82) is 0 Å². The third kappa shape index (κ3) is 2.02. The quantitative estimate of drug-likeness (QED) is 0.746. The van der Waals surface area contributed by atoms with Crippen molar-refractivity contribution in [2.75, 3.05) is 0 Å². The monoisotopic (exact) mass is 235 g/mol. The van der Waals surface area contributed by atoms with E-state index in [2.05, 4.69) is 4.98 Å². The highest BCUT2D eigenvalue weighted by Crippen LogP contribution is 2.26. The van der Waals surface area contributed by atoms with Crippen LogP contribution in [0, 0.1) is 12.7 Å². The molecule has 2 aromatic rings. The average Bonchev–Trinajstić information content (AvgIpc) is 2.66. The Hall–Kier alpha value is -1.55. The maximum Gasteiger partial charge on any atom is 0.178 e. The van der Waals surface area contributed by atoms with Gasteiger partial charge in [-0.3, -0.25) is 4.79 Å². The number of ketones is 1. The second kappa shape index (κ2) is 4.14. The Labute approximate surface area is 96.8 Å². The second-order valence-corrected chi connectivity index (χ2v) is 4.44. The highest BCUT2D eigenvalue weighted by atomic mass is 32.1. The molecule has 0 saturated heterocycles. The largest absolute Gasteiger partial charge is 0.293 e. The van der Waals surface area contributed by atoms with Gasteiger partial charge in [-0.05, 0) is 24.6 Å². The lowest BCUT2D eigenvalue weighted by Crippen LogP contribution is -1.92. The minimum absolute atomic E-state index is 0.102. The lowest BCUT2D eigenvalue weighted by molar-refractivity contribution is 0.101. The predicted molar refractivity (Wildman–Crippen MR) is 62.2 cm³/mol. The number of rotatable bonds is 2. The first-order valence-electron chi connectivity index (χ1n) is 4.81.